The zero-order valence-corrected chi connectivity index (χ0v) is 17.3. The lowest BCUT2D eigenvalue weighted by Gasteiger charge is -2.08. The number of aromatic nitrogens is 3. The highest BCUT2D eigenvalue weighted by Crippen LogP contribution is 2.24. The fraction of sp³-hybridized carbons (Fsp3) is 0.167. The van der Waals surface area contributed by atoms with Crippen molar-refractivity contribution in [2.45, 2.75) is 6.42 Å². The summed E-state index contributed by atoms with van der Waals surface area (Å²) in [4.78, 5) is 25.3. The summed E-state index contributed by atoms with van der Waals surface area (Å²) in [6, 6.07) is 17.3. The molecule has 31 heavy (non-hydrogen) atoms. The largest absolute Gasteiger partial charge is 0.352 e. The molecule has 4 rings (SSSR count). The van der Waals surface area contributed by atoms with Gasteiger partial charge in [0.15, 0.2) is 0 Å². The fourth-order valence-electron chi connectivity index (χ4n) is 3.22. The van der Waals surface area contributed by atoms with Crippen LogP contribution in [0.1, 0.15) is 16.8 Å². The highest BCUT2D eigenvalue weighted by Gasteiger charge is 2.06. The number of carbonyl (C=O) groups excluding carboxylic acids is 1. The van der Waals surface area contributed by atoms with E-state index in [0.29, 0.717) is 18.1 Å². The van der Waals surface area contributed by atoms with Crippen LogP contribution in [0.5, 0.6) is 0 Å². The number of nitrogens with zero attached hydrogens (tertiary/aromatic N) is 3. The minimum atomic E-state index is -0.0744. The SMILES string of the molecule is CNCCCNC(=O)c1ccc(Nc2ncc3cc(-c4ccncc4)ccc3n2)cc1. The lowest BCUT2D eigenvalue weighted by molar-refractivity contribution is 0.0953. The molecule has 0 aliphatic rings. The van der Waals surface area contributed by atoms with Crippen LogP contribution < -0.4 is 16.0 Å². The molecule has 7 heteroatoms. The van der Waals surface area contributed by atoms with E-state index in [1.807, 2.05) is 49.6 Å². The van der Waals surface area contributed by atoms with Crippen molar-refractivity contribution in [1.82, 2.24) is 25.6 Å². The molecule has 2 heterocycles. The summed E-state index contributed by atoms with van der Waals surface area (Å²) in [5.74, 6) is 0.433. The third kappa shape index (κ3) is 5.21. The second-order valence-electron chi connectivity index (χ2n) is 7.12. The number of amides is 1. The van der Waals surface area contributed by atoms with Crippen molar-refractivity contribution >= 4 is 28.4 Å². The molecule has 0 radical (unpaired) electrons. The Labute approximate surface area is 181 Å². The first-order valence-corrected chi connectivity index (χ1v) is 10.2. The van der Waals surface area contributed by atoms with Crippen molar-refractivity contribution in [3.63, 3.8) is 0 Å². The molecule has 0 aliphatic heterocycles. The topological polar surface area (TPSA) is 91.8 Å². The van der Waals surface area contributed by atoms with Gasteiger partial charge in [-0.2, -0.15) is 0 Å². The van der Waals surface area contributed by atoms with Gasteiger partial charge in [0.2, 0.25) is 5.95 Å². The Balaban J connectivity index is 1.43. The van der Waals surface area contributed by atoms with Gasteiger partial charge < -0.3 is 16.0 Å². The molecule has 3 N–H and O–H groups in total. The molecule has 0 fully saturated rings. The van der Waals surface area contributed by atoms with Gasteiger partial charge in [0.1, 0.15) is 0 Å². The van der Waals surface area contributed by atoms with Gasteiger partial charge in [0.25, 0.3) is 5.91 Å². The van der Waals surface area contributed by atoms with Crippen LogP contribution in [0.25, 0.3) is 22.0 Å². The lowest BCUT2D eigenvalue weighted by atomic mass is 10.1. The second-order valence-corrected chi connectivity index (χ2v) is 7.12. The molecule has 1 amide bonds. The first-order chi connectivity index (χ1) is 15.2. The minimum Gasteiger partial charge on any atom is -0.352 e. The van der Waals surface area contributed by atoms with E-state index in [4.69, 9.17) is 0 Å². The highest BCUT2D eigenvalue weighted by molar-refractivity contribution is 5.94. The first-order valence-electron chi connectivity index (χ1n) is 10.2. The maximum Gasteiger partial charge on any atom is 0.251 e. The van der Waals surface area contributed by atoms with Crippen molar-refractivity contribution in [1.29, 1.82) is 0 Å². The fourth-order valence-corrected chi connectivity index (χ4v) is 3.22. The average molecular weight is 412 g/mol. The predicted octanol–water partition coefficient (Wildman–Crippen LogP) is 3.77. The maximum absolute atomic E-state index is 12.2. The van der Waals surface area contributed by atoms with E-state index < -0.39 is 0 Å². The monoisotopic (exact) mass is 412 g/mol. The molecule has 0 spiro atoms. The summed E-state index contributed by atoms with van der Waals surface area (Å²) in [6.07, 6.45) is 6.26. The van der Waals surface area contributed by atoms with Gasteiger partial charge in [-0.15, -0.1) is 0 Å². The third-order valence-corrected chi connectivity index (χ3v) is 4.89. The zero-order chi connectivity index (χ0) is 21.5. The van der Waals surface area contributed by atoms with E-state index in [1.165, 1.54) is 0 Å². The van der Waals surface area contributed by atoms with Gasteiger partial charge >= 0.3 is 0 Å². The number of anilines is 2. The van der Waals surface area contributed by atoms with Gasteiger partial charge in [-0.1, -0.05) is 6.07 Å². The maximum atomic E-state index is 12.2. The van der Waals surface area contributed by atoms with Crippen molar-refractivity contribution < 1.29 is 4.79 Å². The van der Waals surface area contributed by atoms with E-state index in [-0.39, 0.29) is 5.91 Å². The molecule has 0 aliphatic carbocycles. The van der Waals surface area contributed by atoms with Crippen LogP contribution >= 0.6 is 0 Å². The van der Waals surface area contributed by atoms with E-state index >= 15 is 0 Å². The van der Waals surface area contributed by atoms with Crippen molar-refractivity contribution in [3.05, 3.63) is 78.8 Å². The summed E-state index contributed by atoms with van der Waals surface area (Å²) in [7, 11) is 1.90. The minimum absolute atomic E-state index is 0.0744. The third-order valence-electron chi connectivity index (χ3n) is 4.89. The number of hydrogen-bond donors (Lipinski definition) is 3. The Bertz CT molecular complexity index is 1160. The van der Waals surface area contributed by atoms with E-state index in [2.05, 4.69) is 37.0 Å². The molecule has 7 nitrogen and oxygen atoms in total. The smallest absolute Gasteiger partial charge is 0.251 e. The standard InChI is InChI=1S/C24H24N6O/c1-25-11-2-12-27-23(31)18-3-6-21(7-4-18)29-24-28-16-20-15-19(5-8-22(20)30-24)17-9-13-26-14-10-17/h3-10,13-16,25H,2,11-12H2,1H3,(H,27,31)(H,28,29,30). The first kappa shape index (κ1) is 20.4. The molecule has 156 valence electrons. The number of rotatable bonds is 8. The summed E-state index contributed by atoms with van der Waals surface area (Å²) in [6.45, 7) is 1.52. The number of pyridine rings is 1. The van der Waals surface area contributed by atoms with Gasteiger partial charge in [-0.25, -0.2) is 9.97 Å². The molecule has 2 aromatic heterocycles. The van der Waals surface area contributed by atoms with Crippen LogP contribution in [0.4, 0.5) is 11.6 Å². The number of fused-ring (bicyclic) bond motifs is 1. The molecule has 0 atom stereocenters. The summed E-state index contributed by atoms with van der Waals surface area (Å²) in [5, 5.41) is 10.1. The normalized spacial score (nSPS) is 10.7. The van der Waals surface area contributed by atoms with Crippen molar-refractivity contribution in [3.8, 4) is 11.1 Å². The van der Waals surface area contributed by atoms with Crippen molar-refractivity contribution in [2.24, 2.45) is 0 Å². The Morgan fingerprint density at radius 2 is 1.74 bits per heavy atom. The van der Waals surface area contributed by atoms with Crippen LogP contribution in [0, 0.1) is 0 Å². The van der Waals surface area contributed by atoms with E-state index in [9.17, 15) is 4.79 Å². The zero-order valence-electron chi connectivity index (χ0n) is 17.3. The van der Waals surface area contributed by atoms with E-state index in [1.54, 1.807) is 24.5 Å². The van der Waals surface area contributed by atoms with Crippen LogP contribution in [0.2, 0.25) is 0 Å². The average Bonchev–Trinajstić information content (AvgIpc) is 2.82. The highest BCUT2D eigenvalue weighted by atomic mass is 16.1. The Morgan fingerprint density at radius 3 is 2.52 bits per heavy atom. The van der Waals surface area contributed by atoms with Gasteiger partial charge in [-0.05, 0) is 79.7 Å². The summed E-state index contributed by atoms with van der Waals surface area (Å²) >= 11 is 0. The number of carbonyl (C=O) groups is 1. The van der Waals surface area contributed by atoms with Gasteiger partial charge in [0.05, 0.1) is 5.52 Å². The van der Waals surface area contributed by atoms with Crippen LogP contribution in [0.3, 0.4) is 0 Å². The molecule has 0 saturated carbocycles. The second kappa shape index (κ2) is 9.77. The van der Waals surface area contributed by atoms with E-state index in [0.717, 1.165) is 40.7 Å². The predicted molar refractivity (Wildman–Crippen MR) is 123 cm³/mol. The van der Waals surface area contributed by atoms with Crippen LogP contribution in [-0.2, 0) is 0 Å². The molecule has 0 unspecified atom stereocenters. The van der Waals surface area contributed by atoms with Gasteiger partial charge in [0, 0.05) is 41.8 Å². The number of benzene rings is 2. The quantitative estimate of drug-likeness (QED) is 0.382. The number of nitrogens with one attached hydrogen (secondary N) is 3. The molecule has 2 aromatic carbocycles. The number of hydrogen-bond acceptors (Lipinski definition) is 6. The summed E-state index contributed by atoms with van der Waals surface area (Å²) in [5.41, 5.74) is 4.50. The summed E-state index contributed by atoms with van der Waals surface area (Å²) < 4.78 is 0. The van der Waals surface area contributed by atoms with Gasteiger partial charge in [-0.3, -0.25) is 9.78 Å². The Kier molecular flexibility index (Phi) is 6.44. The Morgan fingerprint density at radius 1 is 0.935 bits per heavy atom. The van der Waals surface area contributed by atoms with Crippen LogP contribution in [-0.4, -0.2) is 41.0 Å². The molecule has 0 bridgehead atoms. The lowest BCUT2D eigenvalue weighted by Crippen LogP contribution is -2.26. The Hall–Kier alpha value is -3.84. The molecular weight excluding hydrogens is 388 g/mol. The molecule has 4 aromatic rings. The van der Waals surface area contributed by atoms with Crippen molar-refractivity contribution in [2.75, 3.05) is 25.5 Å². The molecular formula is C24H24N6O. The molecule has 0 saturated heterocycles. The van der Waals surface area contributed by atoms with Crippen LogP contribution in [0.15, 0.2) is 73.2 Å².